The van der Waals surface area contributed by atoms with E-state index in [0.717, 1.165) is 6.42 Å². The van der Waals surface area contributed by atoms with Crippen LogP contribution in [0.1, 0.15) is 16.7 Å². The number of rotatable bonds is 0. The molecule has 0 unspecified atom stereocenters. The Bertz CT molecular complexity index is 1050. The molecule has 0 radical (unpaired) electrons. The molecule has 0 bridgehead atoms. The fraction of sp³-hybridized carbons (Fsp3) is 0.0909. The summed E-state index contributed by atoms with van der Waals surface area (Å²) in [6, 6.07) is 24.4. The minimum atomic E-state index is 1.06. The lowest BCUT2D eigenvalue weighted by molar-refractivity contribution is 1.25. The first kappa shape index (κ1) is 12.0. The molecule has 5 rings (SSSR count). The largest absolute Gasteiger partial charge is 0.0616 e. The molecule has 1 aliphatic rings. The highest BCUT2D eigenvalue weighted by Crippen LogP contribution is 2.43. The first-order chi connectivity index (χ1) is 10.8. The van der Waals surface area contributed by atoms with Gasteiger partial charge in [0.15, 0.2) is 0 Å². The fourth-order valence-electron chi connectivity index (χ4n) is 4.00. The summed E-state index contributed by atoms with van der Waals surface area (Å²) in [6.45, 7) is 2.27. The zero-order chi connectivity index (χ0) is 14.7. The van der Waals surface area contributed by atoms with E-state index in [1.807, 2.05) is 0 Å². The maximum atomic E-state index is 2.37. The van der Waals surface area contributed by atoms with Gasteiger partial charge in [0.2, 0.25) is 0 Å². The van der Waals surface area contributed by atoms with E-state index < -0.39 is 0 Å². The van der Waals surface area contributed by atoms with Gasteiger partial charge in [-0.3, -0.25) is 0 Å². The van der Waals surface area contributed by atoms with Gasteiger partial charge in [-0.25, -0.2) is 0 Å². The van der Waals surface area contributed by atoms with Crippen LogP contribution >= 0.6 is 0 Å². The zero-order valence-electron chi connectivity index (χ0n) is 12.6. The lowest BCUT2D eigenvalue weighted by Crippen LogP contribution is -1.89. The van der Waals surface area contributed by atoms with Gasteiger partial charge in [0.1, 0.15) is 0 Å². The highest BCUT2D eigenvalue weighted by molar-refractivity contribution is 6.00. The van der Waals surface area contributed by atoms with Gasteiger partial charge in [-0.2, -0.15) is 0 Å². The minimum Gasteiger partial charge on any atom is -0.0616 e. The summed E-state index contributed by atoms with van der Waals surface area (Å²) in [5.41, 5.74) is 7.28. The van der Waals surface area contributed by atoms with Gasteiger partial charge in [0.25, 0.3) is 0 Å². The van der Waals surface area contributed by atoms with Crippen LogP contribution in [0.2, 0.25) is 0 Å². The molecule has 0 fully saturated rings. The number of hydrogen-bond acceptors (Lipinski definition) is 0. The molecule has 1 aliphatic carbocycles. The third kappa shape index (κ3) is 1.47. The molecular weight excluding hydrogens is 264 g/mol. The van der Waals surface area contributed by atoms with Crippen molar-refractivity contribution in [3.8, 4) is 11.1 Å². The van der Waals surface area contributed by atoms with Crippen LogP contribution in [-0.4, -0.2) is 0 Å². The molecule has 0 heterocycles. The Hall–Kier alpha value is -2.60. The highest BCUT2D eigenvalue weighted by Gasteiger charge is 2.23. The molecule has 104 valence electrons. The van der Waals surface area contributed by atoms with Crippen molar-refractivity contribution in [2.24, 2.45) is 0 Å². The Labute approximate surface area is 130 Å². The summed E-state index contributed by atoms with van der Waals surface area (Å²) in [4.78, 5) is 0. The van der Waals surface area contributed by atoms with Crippen LogP contribution in [-0.2, 0) is 6.42 Å². The molecule has 0 aromatic heterocycles. The average Bonchev–Trinajstić information content (AvgIpc) is 2.95. The van der Waals surface area contributed by atoms with Gasteiger partial charge < -0.3 is 0 Å². The Morgan fingerprint density at radius 3 is 2.23 bits per heavy atom. The molecule has 0 saturated carbocycles. The maximum absolute atomic E-state index is 2.37. The van der Waals surface area contributed by atoms with Gasteiger partial charge in [-0.15, -0.1) is 0 Å². The van der Waals surface area contributed by atoms with Crippen molar-refractivity contribution in [3.63, 3.8) is 0 Å². The fourth-order valence-corrected chi connectivity index (χ4v) is 4.00. The van der Waals surface area contributed by atoms with Crippen LogP contribution in [0.5, 0.6) is 0 Å². The third-order valence-corrected chi connectivity index (χ3v) is 5.13. The third-order valence-electron chi connectivity index (χ3n) is 5.13. The molecule has 0 N–H and O–H groups in total. The number of fused-ring (bicyclic) bond motifs is 6. The van der Waals surface area contributed by atoms with E-state index in [0.29, 0.717) is 0 Å². The molecule has 4 aromatic rings. The van der Waals surface area contributed by atoms with Gasteiger partial charge in [0.05, 0.1) is 0 Å². The van der Waals surface area contributed by atoms with E-state index in [1.165, 1.54) is 49.4 Å². The second kappa shape index (κ2) is 4.20. The molecule has 0 heteroatoms. The summed E-state index contributed by atoms with van der Waals surface area (Å²) >= 11 is 0. The second-order valence-corrected chi connectivity index (χ2v) is 6.24. The summed E-state index contributed by atoms with van der Waals surface area (Å²) in [5, 5.41) is 5.48. The predicted molar refractivity (Wildman–Crippen MR) is 94.4 cm³/mol. The van der Waals surface area contributed by atoms with Crippen molar-refractivity contribution in [1.82, 2.24) is 0 Å². The summed E-state index contributed by atoms with van der Waals surface area (Å²) < 4.78 is 0. The normalized spacial score (nSPS) is 12.6. The Kier molecular flexibility index (Phi) is 2.29. The minimum absolute atomic E-state index is 1.06. The smallest absolute Gasteiger partial charge is 0.000443 e. The maximum Gasteiger partial charge on any atom is -0.000443 e. The van der Waals surface area contributed by atoms with Crippen molar-refractivity contribution in [2.75, 3.05) is 0 Å². The SMILES string of the molecule is Cc1c2c(cc3ccccc13)-c1ccc3ccccc3c1C2. The lowest BCUT2D eigenvalue weighted by atomic mass is 9.95. The summed E-state index contributed by atoms with van der Waals surface area (Å²) in [5.74, 6) is 0. The molecule has 0 atom stereocenters. The Morgan fingerprint density at radius 2 is 1.36 bits per heavy atom. The molecule has 22 heavy (non-hydrogen) atoms. The van der Waals surface area contributed by atoms with Crippen LogP contribution in [0.3, 0.4) is 0 Å². The van der Waals surface area contributed by atoms with Gasteiger partial charge in [0, 0.05) is 0 Å². The predicted octanol–water partition coefficient (Wildman–Crippen LogP) is 5.87. The molecule has 0 spiro atoms. The monoisotopic (exact) mass is 280 g/mol. The average molecular weight is 280 g/mol. The first-order valence-electron chi connectivity index (χ1n) is 7.85. The quantitative estimate of drug-likeness (QED) is 0.332. The first-order valence-corrected chi connectivity index (χ1v) is 7.85. The van der Waals surface area contributed by atoms with Crippen molar-refractivity contribution in [2.45, 2.75) is 13.3 Å². The second-order valence-electron chi connectivity index (χ2n) is 6.24. The van der Waals surface area contributed by atoms with Crippen molar-refractivity contribution < 1.29 is 0 Å². The molecule has 0 nitrogen and oxygen atoms in total. The van der Waals surface area contributed by atoms with Crippen LogP contribution in [0.25, 0.3) is 32.7 Å². The Morgan fingerprint density at radius 1 is 0.636 bits per heavy atom. The van der Waals surface area contributed by atoms with Crippen molar-refractivity contribution >= 4 is 21.5 Å². The van der Waals surface area contributed by atoms with Crippen molar-refractivity contribution in [1.29, 1.82) is 0 Å². The van der Waals surface area contributed by atoms with Gasteiger partial charge in [-0.1, -0.05) is 60.7 Å². The number of hydrogen-bond donors (Lipinski definition) is 0. The highest BCUT2D eigenvalue weighted by atomic mass is 14.3. The number of benzene rings is 4. The molecule has 0 saturated heterocycles. The van der Waals surface area contributed by atoms with E-state index in [2.05, 4.69) is 73.7 Å². The zero-order valence-corrected chi connectivity index (χ0v) is 12.6. The van der Waals surface area contributed by atoms with Crippen LogP contribution in [0, 0.1) is 6.92 Å². The van der Waals surface area contributed by atoms with E-state index in [-0.39, 0.29) is 0 Å². The molecule has 0 aliphatic heterocycles. The molecular formula is C22H16. The standard InChI is InChI=1S/C22H16/c1-14-17-8-4-3-7-16(17)12-21-19-11-10-15-6-2-5-9-18(15)22(19)13-20(14)21/h2-12H,13H2,1H3. The topological polar surface area (TPSA) is 0 Å². The lowest BCUT2D eigenvalue weighted by Gasteiger charge is -2.09. The summed E-state index contributed by atoms with van der Waals surface area (Å²) in [7, 11) is 0. The van der Waals surface area contributed by atoms with E-state index in [4.69, 9.17) is 0 Å². The molecule has 0 amide bonds. The van der Waals surface area contributed by atoms with E-state index in [9.17, 15) is 0 Å². The Balaban J connectivity index is 1.89. The van der Waals surface area contributed by atoms with Crippen LogP contribution in [0.15, 0.2) is 66.7 Å². The molecule has 4 aromatic carbocycles. The van der Waals surface area contributed by atoms with Crippen LogP contribution < -0.4 is 0 Å². The van der Waals surface area contributed by atoms with Gasteiger partial charge >= 0.3 is 0 Å². The van der Waals surface area contributed by atoms with E-state index >= 15 is 0 Å². The van der Waals surface area contributed by atoms with E-state index in [1.54, 1.807) is 0 Å². The van der Waals surface area contributed by atoms with Crippen LogP contribution in [0.4, 0.5) is 0 Å². The van der Waals surface area contributed by atoms with Crippen molar-refractivity contribution in [3.05, 3.63) is 83.4 Å². The van der Waals surface area contributed by atoms with Gasteiger partial charge in [-0.05, 0) is 68.8 Å². The summed E-state index contributed by atoms with van der Waals surface area (Å²) in [6.07, 6.45) is 1.06. The number of aryl methyl sites for hydroxylation is 1.